The fourth-order valence-electron chi connectivity index (χ4n) is 4.50. The summed E-state index contributed by atoms with van der Waals surface area (Å²) >= 11 is 3.50. The number of nitrogens with zero attached hydrogens (tertiary/aromatic N) is 2. The first kappa shape index (κ1) is 24.1. The molecule has 0 aliphatic carbocycles. The maximum atomic E-state index is 13.2. The van der Waals surface area contributed by atoms with Crippen LogP contribution in [0.3, 0.4) is 0 Å². The highest BCUT2D eigenvalue weighted by Gasteiger charge is 2.22. The number of methoxy groups -OCH3 is 1. The van der Waals surface area contributed by atoms with Gasteiger partial charge in [0.1, 0.15) is 5.56 Å². The van der Waals surface area contributed by atoms with Gasteiger partial charge in [-0.05, 0) is 35.9 Å². The molecule has 1 amide bonds. The van der Waals surface area contributed by atoms with Crippen molar-refractivity contribution in [1.29, 1.82) is 0 Å². The average molecular weight is 548 g/mol. The van der Waals surface area contributed by atoms with Crippen LogP contribution in [0, 0.1) is 0 Å². The lowest BCUT2D eigenvalue weighted by Gasteiger charge is -2.37. The zero-order valence-electron chi connectivity index (χ0n) is 19.9. The van der Waals surface area contributed by atoms with Crippen molar-refractivity contribution in [1.82, 2.24) is 4.90 Å². The number of para-hydroxylation sites is 1. The zero-order valence-corrected chi connectivity index (χ0v) is 21.5. The predicted molar refractivity (Wildman–Crippen MR) is 145 cm³/mol. The number of carbonyl (C=O) groups is 1. The monoisotopic (exact) mass is 547 g/mol. The molecular weight excluding hydrogens is 522 g/mol. The molecule has 1 aromatic heterocycles. The van der Waals surface area contributed by atoms with Gasteiger partial charge in [-0.1, -0.05) is 58.4 Å². The second-order valence-electron chi connectivity index (χ2n) is 8.69. The highest BCUT2D eigenvalue weighted by Crippen LogP contribution is 2.31. The predicted octanol–water partition coefficient (Wildman–Crippen LogP) is 5.14. The number of fused-ring (bicyclic) bond motifs is 1. The largest absolute Gasteiger partial charge is 0.493 e. The lowest BCUT2D eigenvalue weighted by Crippen LogP contribution is -2.46. The number of rotatable bonds is 6. The van der Waals surface area contributed by atoms with Gasteiger partial charge in [-0.15, -0.1) is 0 Å². The number of ether oxygens (including phenoxy) is 1. The number of benzene rings is 3. The van der Waals surface area contributed by atoms with Crippen molar-refractivity contribution in [3.63, 3.8) is 0 Å². The first-order valence-electron chi connectivity index (χ1n) is 11.7. The van der Waals surface area contributed by atoms with E-state index >= 15 is 0 Å². The van der Waals surface area contributed by atoms with Gasteiger partial charge in [-0.2, -0.15) is 0 Å². The Morgan fingerprint density at radius 2 is 1.78 bits per heavy atom. The number of halogens is 1. The van der Waals surface area contributed by atoms with Crippen molar-refractivity contribution >= 4 is 44.2 Å². The van der Waals surface area contributed by atoms with Gasteiger partial charge in [-0.25, -0.2) is 4.79 Å². The summed E-state index contributed by atoms with van der Waals surface area (Å²) in [6, 6.07) is 23.1. The van der Waals surface area contributed by atoms with Crippen molar-refractivity contribution in [2.24, 2.45) is 0 Å². The number of piperazine rings is 1. The van der Waals surface area contributed by atoms with Crippen LogP contribution < -0.4 is 20.6 Å². The van der Waals surface area contributed by atoms with E-state index in [0.717, 1.165) is 42.9 Å². The van der Waals surface area contributed by atoms with Gasteiger partial charge in [0.15, 0.2) is 11.3 Å². The molecule has 1 aliphatic heterocycles. The first-order chi connectivity index (χ1) is 17.5. The van der Waals surface area contributed by atoms with E-state index in [0.29, 0.717) is 22.4 Å². The Morgan fingerprint density at radius 3 is 2.53 bits per heavy atom. The topological polar surface area (TPSA) is 75.0 Å². The fourth-order valence-corrected chi connectivity index (χ4v) is 4.86. The third kappa shape index (κ3) is 5.15. The highest BCUT2D eigenvalue weighted by molar-refractivity contribution is 9.10. The van der Waals surface area contributed by atoms with E-state index in [2.05, 4.69) is 55.3 Å². The smallest absolute Gasteiger partial charge is 0.349 e. The standard InChI is InChI=1S/C28H26BrN3O4/c1-35-25-9-5-8-20-16-22(28(34)36-26(20)25)27(33)30-23-17-21(29)10-11-24(23)32-14-12-31(13-15-32)18-19-6-3-2-4-7-19/h2-11,16-17H,12-15,18H2,1H3,(H,30,33). The van der Waals surface area contributed by atoms with Gasteiger partial charge >= 0.3 is 5.63 Å². The number of amides is 1. The molecule has 1 fully saturated rings. The quantitative estimate of drug-likeness (QED) is 0.337. The molecule has 2 heterocycles. The summed E-state index contributed by atoms with van der Waals surface area (Å²) in [5.74, 6) is -0.0761. The Balaban J connectivity index is 1.34. The van der Waals surface area contributed by atoms with Crippen LogP contribution in [0.4, 0.5) is 11.4 Å². The van der Waals surface area contributed by atoms with E-state index in [1.54, 1.807) is 24.3 Å². The Hall–Kier alpha value is -3.62. The van der Waals surface area contributed by atoms with Crippen LogP contribution in [-0.4, -0.2) is 44.1 Å². The van der Waals surface area contributed by atoms with Gasteiger partial charge in [0, 0.05) is 42.6 Å². The van der Waals surface area contributed by atoms with Crippen molar-refractivity contribution in [3.05, 3.63) is 98.8 Å². The van der Waals surface area contributed by atoms with Crippen LogP contribution in [0.2, 0.25) is 0 Å². The zero-order chi connectivity index (χ0) is 25.1. The van der Waals surface area contributed by atoms with Gasteiger partial charge < -0.3 is 19.4 Å². The lowest BCUT2D eigenvalue weighted by atomic mass is 10.1. The maximum Gasteiger partial charge on any atom is 0.349 e. The molecule has 0 radical (unpaired) electrons. The molecule has 8 heteroatoms. The summed E-state index contributed by atoms with van der Waals surface area (Å²) in [6.07, 6.45) is 0. The minimum absolute atomic E-state index is 0.0608. The molecule has 0 bridgehead atoms. The molecule has 4 aromatic rings. The molecule has 0 spiro atoms. The van der Waals surface area contributed by atoms with Gasteiger partial charge in [0.05, 0.1) is 18.5 Å². The molecule has 3 aromatic carbocycles. The maximum absolute atomic E-state index is 13.2. The summed E-state index contributed by atoms with van der Waals surface area (Å²) in [4.78, 5) is 30.5. The molecule has 36 heavy (non-hydrogen) atoms. The van der Waals surface area contributed by atoms with Crippen LogP contribution in [0.15, 0.2) is 86.5 Å². The molecule has 5 rings (SSSR count). The van der Waals surface area contributed by atoms with E-state index in [-0.39, 0.29) is 5.56 Å². The van der Waals surface area contributed by atoms with Crippen molar-refractivity contribution < 1.29 is 13.9 Å². The number of hydrogen-bond acceptors (Lipinski definition) is 6. The Kier molecular flexibility index (Phi) is 7.06. The molecule has 1 saturated heterocycles. The number of nitrogens with one attached hydrogen (secondary N) is 1. The van der Waals surface area contributed by atoms with E-state index in [9.17, 15) is 9.59 Å². The van der Waals surface area contributed by atoms with Gasteiger partial charge in [0.2, 0.25) is 0 Å². The lowest BCUT2D eigenvalue weighted by molar-refractivity contribution is 0.102. The van der Waals surface area contributed by atoms with E-state index in [4.69, 9.17) is 9.15 Å². The Bertz CT molecular complexity index is 1450. The number of carbonyl (C=O) groups excluding carboxylic acids is 1. The molecular formula is C28H26BrN3O4. The molecule has 0 unspecified atom stereocenters. The summed E-state index contributed by atoms with van der Waals surface area (Å²) in [6.45, 7) is 4.40. The highest BCUT2D eigenvalue weighted by atomic mass is 79.9. The molecule has 184 valence electrons. The second kappa shape index (κ2) is 10.6. The minimum atomic E-state index is -0.712. The molecule has 0 atom stereocenters. The summed E-state index contributed by atoms with van der Waals surface area (Å²) < 4.78 is 11.5. The SMILES string of the molecule is COc1cccc2cc(C(=O)Nc3cc(Br)ccc3N3CCN(Cc4ccccc4)CC3)c(=O)oc12. The third-order valence-corrected chi connectivity index (χ3v) is 6.85. The van der Waals surface area contributed by atoms with Crippen LogP contribution in [0.1, 0.15) is 15.9 Å². The second-order valence-corrected chi connectivity index (χ2v) is 9.61. The van der Waals surface area contributed by atoms with E-state index < -0.39 is 11.5 Å². The summed E-state index contributed by atoms with van der Waals surface area (Å²) in [5, 5.41) is 3.55. The van der Waals surface area contributed by atoms with Crippen LogP contribution >= 0.6 is 15.9 Å². The third-order valence-electron chi connectivity index (χ3n) is 6.36. The van der Waals surface area contributed by atoms with Crippen molar-refractivity contribution in [2.45, 2.75) is 6.54 Å². The number of anilines is 2. The van der Waals surface area contributed by atoms with Gasteiger partial charge in [-0.3, -0.25) is 9.69 Å². The van der Waals surface area contributed by atoms with Crippen LogP contribution in [0.25, 0.3) is 11.0 Å². The number of hydrogen-bond donors (Lipinski definition) is 1. The minimum Gasteiger partial charge on any atom is -0.493 e. The normalized spacial score (nSPS) is 14.1. The Morgan fingerprint density at radius 1 is 1.00 bits per heavy atom. The van der Waals surface area contributed by atoms with Gasteiger partial charge in [0.25, 0.3) is 5.91 Å². The van der Waals surface area contributed by atoms with Crippen molar-refractivity contribution in [2.75, 3.05) is 43.5 Å². The molecule has 7 nitrogen and oxygen atoms in total. The molecule has 1 aliphatic rings. The van der Waals surface area contributed by atoms with Crippen LogP contribution in [-0.2, 0) is 6.54 Å². The Labute approximate surface area is 217 Å². The first-order valence-corrected chi connectivity index (χ1v) is 12.5. The average Bonchev–Trinajstić information content (AvgIpc) is 2.89. The summed E-state index contributed by atoms with van der Waals surface area (Å²) in [5.41, 5.74) is 2.39. The molecule has 1 N–H and O–H groups in total. The van der Waals surface area contributed by atoms with E-state index in [1.165, 1.54) is 12.7 Å². The fraction of sp³-hybridized carbons (Fsp3) is 0.214. The molecule has 0 saturated carbocycles. The van der Waals surface area contributed by atoms with E-state index in [1.807, 2.05) is 24.3 Å². The van der Waals surface area contributed by atoms with Crippen LogP contribution in [0.5, 0.6) is 5.75 Å². The summed E-state index contributed by atoms with van der Waals surface area (Å²) in [7, 11) is 1.51. The van der Waals surface area contributed by atoms with Crippen molar-refractivity contribution in [3.8, 4) is 5.75 Å².